The second-order valence-corrected chi connectivity index (χ2v) is 10.3. The minimum absolute atomic E-state index is 0.189. The van der Waals surface area contributed by atoms with E-state index in [4.69, 9.17) is 4.74 Å². The lowest BCUT2D eigenvalue weighted by Gasteiger charge is -2.16. The van der Waals surface area contributed by atoms with Crippen LogP contribution in [0.25, 0.3) is 21.9 Å². The van der Waals surface area contributed by atoms with E-state index in [1.807, 2.05) is 42.5 Å². The molecule has 3 heterocycles. The number of benzene rings is 3. The third-order valence-electron chi connectivity index (χ3n) is 6.55. The molecule has 0 saturated carbocycles. The average molecular weight is 552 g/mol. The quantitative estimate of drug-likeness (QED) is 0.293. The molecule has 5 aromatic rings. The molecule has 0 unspecified atom stereocenters. The fourth-order valence-corrected chi connectivity index (χ4v) is 5.56. The molecule has 2 amide bonds. The molecule has 2 aromatic heterocycles. The smallest absolute Gasteiger partial charge is 0.291 e. The Kier molecular flexibility index (Phi) is 6.83. The van der Waals surface area contributed by atoms with Gasteiger partial charge in [-0.2, -0.15) is 9.50 Å². The lowest BCUT2D eigenvalue weighted by Crippen LogP contribution is -2.37. The summed E-state index contributed by atoms with van der Waals surface area (Å²) in [6.07, 6.45) is 2.05. The Hall–Kier alpha value is -4.83. The number of nitrogens with zero attached hydrogens (tertiary/aromatic N) is 4. The van der Waals surface area contributed by atoms with Crippen molar-refractivity contribution >= 4 is 45.1 Å². The van der Waals surface area contributed by atoms with Crippen molar-refractivity contribution in [3.8, 4) is 17.1 Å². The van der Waals surface area contributed by atoms with Gasteiger partial charge in [0.2, 0.25) is 10.9 Å². The molecule has 40 heavy (non-hydrogen) atoms. The summed E-state index contributed by atoms with van der Waals surface area (Å²) in [5.41, 5.74) is 2.39. The van der Waals surface area contributed by atoms with Crippen LogP contribution in [-0.4, -0.2) is 39.6 Å². The number of aromatic nitrogens is 3. The number of para-hydroxylation sites is 2. The summed E-state index contributed by atoms with van der Waals surface area (Å²) in [4.78, 5) is 46.2. The highest BCUT2D eigenvalue weighted by molar-refractivity contribution is 7.15. The lowest BCUT2D eigenvalue weighted by molar-refractivity contribution is -0.118. The molecule has 0 spiro atoms. The molecule has 6 rings (SSSR count). The SMILES string of the molecule is CCCCOc1ccc(-c2nc3s/c(=C4\C(=O)N(CC(=O)Nc5ccccc5)c5ccccc54)c(=O)n3n2)cc1. The van der Waals surface area contributed by atoms with E-state index in [0.29, 0.717) is 34.3 Å². The molecule has 0 atom stereocenters. The molecule has 0 radical (unpaired) electrons. The number of nitrogens with one attached hydrogen (secondary N) is 1. The third-order valence-corrected chi connectivity index (χ3v) is 7.58. The predicted molar refractivity (Wildman–Crippen MR) is 155 cm³/mol. The van der Waals surface area contributed by atoms with Crippen molar-refractivity contribution in [3.63, 3.8) is 0 Å². The first kappa shape index (κ1) is 25.4. The van der Waals surface area contributed by atoms with Crippen LogP contribution in [0.15, 0.2) is 83.7 Å². The van der Waals surface area contributed by atoms with Gasteiger partial charge in [-0.1, -0.05) is 61.1 Å². The van der Waals surface area contributed by atoms with E-state index in [1.54, 1.807) is 36.4 Å². The first-order valence-electron chi connectivity index (χ1n) is 13.0. The fourth-order valence-electron chi connectivity index (χ4n) is 4.56. The number of carbonyl (C=O) groups excluding carboxylic acids is 2. The first-order valence-corrected chi connectivity index (χ1v) is 13.8. The minimum Gasteiger partial charge on any atom is -0.494 e. The summed E-state index contributed by atoms with van der Waals surface area (Å²) in [7, 11) is 0. The van der Waals surface area contributed by atoms with Crippen molar-refractivity contribution in [2.75, 3.05) is 23.4 Å². The van der Waals surface area contributed by atoms with Crippen molar-refractivity contribution in [2.24, 2.45) is 0 Å². The van der Waals surface area contributed by atoms with Gasteiger partial charge in [-0.15, -0.1) is 5.10 Å². The minimum atomic E-state index is -0.424. The number of hydrogen-bond acceptors (Lipinski definition) is 7. The van der Waals surface area contributed by atoms with Gasteiger partial charge in [-0.3, -0.25) is 19.3 Å². The van der Waals surface area contributed by atoms with E-state index in [9.17, 15) is 14.4 Å². The average Bonchev–Trinajstić information content (AvgIpc) is 3.60. The second-order valence-electron chi connectivity index (χ2n) is 9.29. The number of ether oxygens (including phenoxy) is 1. The summed E-state index contributed by atoms with van der Waals surface area (Å²) in [6, 6.07) is 23.6. The van der Waals surface area contributed by atoms with E-state index in [0.717, 1.165) is 35.5 Å². The highest BCUT2D eigenvalue weighted by atomic mass is 32.1. The molecule has 1 N–H and O–H groups in total. The summed E-state index contributed by atoms with van der Waals surface area (Å²) in [6.45, 7) is 2.58. The zero-order chi connectivity index (χ0) is 27.6. The van der Waals surface area contributed by atoms with E-state index >= 15 is 0 Å². The van der Waals surface area contributed by atoms with Crippen LogP contribution in [0, 0.1) is 0 Å². The van der Waals surface area contributed by atoms with Crippen molar-refractivity contribution in [3.05, 3.63) is 99.3 Å². The highest BCUT2D eigenvalue weighted by Gasteiger charge is 2.35. The maximum absolute atomic E-state index is 13.6. The van der Waals surface area contributed by atoms with Crippen LogP contribution in [0.1, 0.15) is 25.3 Å². The molecule has 0 aliphatic carbocycles. The number of carbonyl (C=O) groups is 2. The normalized spacial score (nSPS) is 14.0. The first-order chi connectivity index (χ1) is 19.5. The Labute approximate surface area is 233 Å². The maximum atomic E-state index is 13.6. The van der Waals surface area contributed by atoms with Gasteiger partial charge in [0.05, 0.1) is 17.9 Å². The van der Waals surface area contributed by atoms with E-state index in [2.05, 4.69) is 22.3 Å². The molecule has 200 valence electrons. The van der Waals surface area contributed by atoms with Crippen molar-refractivity contribution in [1.29, 1.82) is 0 Å². The number of unbranched alkanes of at least 4 members (excludes halogenated alkanes) is 1. The Morgan fingerprint density at radius 3 is 2.48 bits per heavy atom. The van der Waals surface area contributed by atoms with Crippen LogP contribution in [-0.2, 0) is 9.59 Å². The number of amides is 2. The molecule has 0 fully saturated rings. The molecule has 3 aromatic carbocycles. The van der Waals surface area contributed by atoms with Crippen molar-refractivity contribution < 1.29 is 14.3 Å². The van der Waals surface area contributed by atoms with Gasteiger partial charge in [0.15, 0.2) is 5.82 Å². The largest absolute Gasteiger partial charge is 0.494 e. The van der Waals surface area contributed by atoms with Crippen LogP contribution in [0.5, 0.6) is 5.75 Å². The molecule has 0 bridgehead atoms. The van der Waals surface area contributed by atoms with Crippen LogP contribution in [0.4, 0.5) is 11.4 Å². The van der Waals surface area contributed by atoms with Gasteiger partial charge in [0.1, 0.15) is 16.8 Å². The van der Waals surface area contributed by atoms with Gasteiger partial charge in [0, 0.05) is 16.8 Å². The summed E-state index contributed by atoms with van der Waals surface area (Å²) in [5, 5.41) is 7.24. The standard InChI is InChI=1S/C30H25N5O4S/c1-2-3-17-39-21-15-13-19(14-16-21)27-32-30-35(33-27)29(38)26(40-30)25-22-11-7-8-12-23(22)34(28(25)37)18-24(36)31-20-9-5-4-6-10-20/h4-16H,2-3,17-18H2,1H3,(H,31,36)/b26-25-. The molecule has 9 nitrogen and oxygen atoms in total. The van der Waals surface area contributed by atoms with Crippen LogP contribution in [0.3, 0.4) is 0 Å². The lowest BCUT2D eigenvalue weighted by atomic mass is 10.1. The molecule has 1 aliphatic heterocycles. The van der Waals surface area contributed by atoms with Gasteiger partial charge >= 0.3 is 0 Å². The summed E-state index contributed by atoms with van der Waals surface area (Å²) in [5.74, 6) is 0.427. The van der Waals surface area contributed by atoms with E-state index in [-0.39, 0.29) is 22.6 Å². The second kappa shape index (κ2) is 10.7. The van der Waals surface area contributed by atoms with Crippen molar-refractivity contribution in [1.82, 2.24) is 14.6 Å². The monoisotopic (exact) mass is 551 g/mol. The topological polar surface area (TPSA) is 106 Å². The number of hydrogen-bond donors (Lipinski definition) is 1. The summed E-state index contributed by atoms with van der Waals surface area (Å²) >= 11 is 1.11. The molecular weight excluding hydrogens is 526 g/mol. The molecular formula is C30H25N5O4S. The molecule has 0 saturated heterocycles. The van der Waals surface area contributed by atoms with Crippen LogP contribution >= 0.6 is 11.3 Å². The Morgan fingerprint density at radius 2 is 1.73 bits per heavy atom. The number of rotatable bonds is 8. The van der Waals surface area contributed by atoms with Crippen molar-refractivity contribution in [2.45, 2.75) is 19.8 Å². The number of thiazole rings is 1. The van der Waals surface area contributed by atoms with Crippen LogP contribution in [0.2, 0.25) is 0 Å². The zero-order valence-electron chi connectivity index (χ0n) is 21.7. The molecule has 10 heteroatoms. The Morgan fingerprint density at radius 1 is 0.975 bits per heavy atom. The molecule has 1 aliphatic rings. The number of fused-ring (bicyclic) bond motifs is 2. The van der Waals surface area contributed by atoms with E-state index < -0.39 is 11.5 Å². The predicted octanol–water partition coefficient (Wildman–Crippen LogP) is 3.90. The van der Waals surface area contributed by atoms with E-state index in [1.165, 1.54) is 9.42 Å². The van der Waals surface area contributed by atoms with Gasteiger partial charge in [0.25, 0.3) is 11.5 Å². The zero-order valence-corrected chi connectivity index (χ0v) is 22.5. The highest BCUT2D eigenvalue weighted by Crippen LogP contribution is 2.35. The fraction of sp³-hybridized carbons (Fsp3) is 0.167. The summed E-state index contributed by atoms with van der Waals surface area (Å²) < 4.78 is 7.19. The Balaban J connectivity index is 1.31. The number of anilines is 2. The third kappa shape index (κ3) is 4.73. The van der Waals surface area contributed by atoms with Gasteiger partial charge in [-0.05, 0) is 48.9 Å². The van der Waals surface area contributed by atoms with Gasteiger partial charge in [-0.25, -0.2) is 0 Å². The van der Waals surface area contributed by atoms with Gasteiger partial charge < -0.3 is 10.1 Å². The Bertz CT molecular complexity index is 1830. The maximum Gasteiger partial charge on any atom is 0.291 e. The van der Waals surface area contributed by atoms with Crippen LogP contribution < -0.4 is 25.0 Å².